The Labute approximate surface area is 190 Å². The zero-order valence-electron chi connectivity index (χ0n) is 20.3. The number of unbranched alkanes of at least 4 members (excludes halogenated alkanes) is 9. The van der Waals surface area contributed by atoms with Gasteiger partial charge in [0.05, 0.1) is 0 Å². The Kier molecular flexibility index (Phi) is 21.3. The molecular weight excluding hydrogens is 395 g/mol. The lowest BCUT2D eigenvalue weighted by atomic mass is 9.98. The molecule has 0 rings (SSSR count). The summed E-state index contributed by atoms with van der Waals surface area (Å²) in [7, 11) is 0. The lowest BCUT2D eigenvalue weighted by molar-refractivity contribution is -0.113. The average Bonchev–Trinajstić information content (AvgIpc) is 2.73. The van der Waals surface area contributed by atoms with Gasteiger partial charge in [0.1, 0.15) is 12.2 Å². The Hall–Kier alpha value is -0.550. The van der Waals surface area contributed by atoms with E-state index in [1.165, 1.54) is 51.4 Å². The van der Waals surface area contributed by atoms with E-state index in [9.17, 15) is 9.18 Å². The van der Waals surface area contributed by atoms with E-state index < -0.39 is 0 Å². The number of Topliss-reactive ketones (excluding diaryl/α,β-unsaturated/α-hetero) is 1. The normalized spacial score (nSPS) is 13.2. The molecule has 178 valence electrons. The molecule has 0 aliphatic carbocycles. The number of carbonyl (C=O) groups excluding carboxylic acids is 1. The Morgan fingerprint density at radius 3 is 1.93 bits per heavy atom. The van der Waals surface area contributed by atoms with Crippen LogP contribution in [0.1, 0.15) is 118 Å². The van der Waals surface area contributed by atoms with Gasteiger partial charge in [0.25, 0.3) is 0 Å². The van der Waals surface area contributed by atoms with E-state index in [1.807, 2.05) is 0 Å². The minimum atomic E-state index is -0.375. The van der Waals surface area contributed by atoms with Crippen LogP contribution in [0.2, 0.25) is 0 Å². The predicted molar refractivity (Wildman–Crippen MR) is 133 cm³/mol. The third kappa shape index (κ3) is 16.2. The monoisotopic (exact) mass is 444 g/mol. The summed E-state index contributed by atoms with van der Waals surface area (Å²) in [4.78, 5) is 12.5. The van der Waals surface area contributed by atoms with Crippen molar-refractivity contribution >= 4 is 17.5 Å². The minimum absolute atomic E-state index is 0.0348. The van der Waals surface area contributed by atoms with Crippen molar-refractivity contribution in [3.63, 3.8) is 0 Å². The maximum atomic E-state index is 12.8. The van der Waals surface area contributed by atoms with E-state index in [2.05, 4.69) is 31.4 Å². The van der Waals surface area contributed by atoms with Gasteiger partial charge in [-0.2, -0.15) is 0 Å². The van der Waals surface area contributed by atoms with Gasteiger partial charge in [-0.1, -0.05) is 78.6 Å². The molecule has 0 aliphatic rings. The molecular formula is C25H49FN2OS. The molecule has 0 radical (unpaired) electrons. The van der Waals surface area contributed by atoms with Crippen molar-refractivity contribution in [1.29, 1.82) is 0 Å². The van der Waals surface area contributed by atoms with Gasteiger partial charge >= 0.3 is 0 Å². The van der Waals surface area contributed by atoms with E-state index in [-0.39, 0.29) is 18.0 Å². The number of alkyl halides is 1. The smallest absolute Gasteiger partial charge is 0.157 e. The van der Waals surface area contributed by atoms with Crippen LogP contribution in [-0.2, 0) is 4.79 Å². The van der Waals surface area contributed by atoms with E-state index in [0.29, 0.717) is 6.54 Å². The van der Waals surface area contributed by atoms with Crippen LogP contribution in [0.3, 0.4) is 0 Å². The summed E-state index contributed by atoms with van der Waals surface area (Å²) in [5, 5.41) is 6.89. The summed E-state index contributed by atoms with van der Waals surface area (Å²) in [6.07, 6.45) is 16.1. The average molecular weight is 445 g/mol. The van der Waals surface area contributed by atoms with Crippen molar-refractivity contribution in [1.82, 2.24) is 10.6 Å². The fourth-order valence-corrected chi connectivity index (χ4v) is 4.65. The molecule has 0 amide bonds. The zero-order chi connectivity index (χ0) is 22.5. The van der Waals surface area contributed by atoms with E-state index in [1.54, 1.807) is 18.7 Å². The van der Waals surface area contributed by atoms with Gasteiger partial charge in [0.2, 0.25) is 0 Å². The SMILES string of the molecule is CCCCCCC/C(NC(NCCF)SCCCC)=C(\CCCCCCC)C(C)=O. The summed E-state index contributed by atoms with van der Waals surface area (Å²) in [5.74, 6) is 1.22. The molecule has 0 aromatic carbocycles. The Bertz CT molecular complexity index is 443. The van der Waals surface area contributed by atoms with E-state index in [0.717, 1.165) is 55.5 Å². The number of halogens is 1. The number of thioether (sulfide) groups is 1. The number of carbonyl (C=O) groups is 1. The highest BCUT2D eigenvalue weighted by molar-refractivity contribution is 7.99. The van der Waals surface area contributed by atoms with Gasteiger partial charge < -0.3 is 5.32 Å². The standard InChI is InChI=1S/C25H49FN2OS/c1-5-8-11-13-15-17-23(22(4)29)24(18-16-14-12-9-6-2)28-25(27-20-19-26)30-21-10-7-3/h25,27-28H,5-21H2,1-4H3/b24-23-. The molecule has 0 fully saturated rings. The van der Waals surface area contributed by atoms with Crippen molar-refractivity contribution in [2.24, 2.45) is 0 Å². The van der Waals surface area contributed by atoms with Crippen LogP contribution < -0.4 is 10.6 Å². The van der Waals surface area contributed by atoms with Gasteiger partial charge in [-0.25, -0.2) is 4.39 Å². The molecule has 3 nitrogen and oxygen atoms in total. The van der Waals surface area contributed by atoms with Crippen molar-refractivity contribution in [3.05, 3.63) is 11.3 Å². The van der Waals surface area contributed by atoms with Crippen molar-refractivity contribution in [2.75, 3.05) is 19.0 Å². The predicted octanol–water partition coefficient (Wildman–Crippen LogP) is 7.52. The summed E-state index contributed by atoms with van der Waals surface area (Å²) in [5.41, 5.74) is 2.02. The maximum Gasteiger partial charge on any atom is 0.157 e. The van der Waals surface area contributed by atoms with Crippen LogP contribution in [0.5, 0.6) is 0 Å². The molecule has 30 heavy (non-hydrogen) atoms. The molecule has 0 spiro atoms. The number of hydrogen-bond acceptors (Lipinski definition) is 4. The summed E-state index contributed by atoms with van der Waals surface area (Å²) in [6.45, 7) is 8.31. The second kappa shape index (κ2) is 21.7. The topological polar surface area (TPSA) is 41.1 Å². The maximum absolute atomic E-state index is 12.8. The minimum Gasteiger partial charge on any atom is -0.364 e. The molecule has 5 heteroatoms. The second-order valence-electron chi connectivity index (χ2n) is 8.23. The highest BCUT2D eigenvalue weighted by Crippen LogP contribution is 2.21. The first-order valence-electron chi connectivity index (χ1n) is 12.5. The molecule has 2 N–H and O–H groups in total. The summed E-state index contributed by atoms with van der Waals surface area (Å²) in [6, 6.07) is 0. The number of allylic oxidation sites excluding steroid dienone is 2. The number of ketones is 1. The Morgan fingerprint density at radius 2 is 1.40 bits per heavy atom. The first-order valence-corrected chi connectivity index (χ1v) is 13.6. The highest BCUT2D eigenvalue weighted by atomic mass is 32.2. The second-order valence-corrected chi connectivity index (χ2v) is 9.45. The van der Waals surface area contributed by atoms with Crippen LogP contribution in [0.15, 0.2) is 11.3 Å². The molecule has 0 saturated heterocycles. The molecule has 0 saturated carbocycles. The zero-order valence-corrected chi connectivity index (χ0v) is 21.1. The lowest BCUT2D eigenvalue weighted by Gasteiger charge is -2.24. The van der Waals surface area contributed by atoms with Gasteiger partial charge in [0, 0.05) is 17.8 Å². The first-order chi connectivity index (χ1) is 14.6. The van der Waals surface area contributed by atoms with Gasteiger partial charge in [-0.15, -0.1) is 11.8 Å². The number of hydrogen-bond donors (Lipinski definition) is 2. The van der Waals surface area contributed by atoms with Gasteiger partial charge in [-0.3, -0.25) is 10.1 Å². The Balaban J connectivity index is 5.19. The van der Waals surface area contributed by atoms with Crippen LogP contribution >= 0.6 is 11.8 Å². The lowest BCUT2D eigenvalue weighted by Crippen LogP contribution is -2.41. The molecule has 0 aliphatic heterocycles. The Morgan fingerprint density at radius 1 is 0.833 bits per heavy atom. The summed E-state index contributed by atoms with van der Waals surface area (Å²) < 4.78 is 12.8. The molecule has 1 unspecified atom stereocenters. The fourth-order valence-electron chi connectivity index (χ4n) is 3.50. The van der Waals surface area contributed by atoms with Crippen LogP contribution in [0.4, 0.5) is 4.39 Å². The van der Waals surface area contributed by atoms with E-state index in [4.69, 9.17) is 0 Å². The van der Waals surface area contributed by atoms with Gasteiger partial charge in [0.15, 0.2) is 5.78 Å². The summed E-state index contributed by atoms with van der Waals surface area (Å²) >= 11 is 1.79. The quantitative estimate of drug-likeness (QED) is 0.103. The van der Waals surface area contributed by atoms with Crippen LogP contribution in [0, 0.1) is 0 Å². The van der Waals surface area contributed by atoms with Crippen molar-refractivity contribution in [3.8, 4) is 0 Å². The van der Waals surface area contributed by atoms with Crippen molar-refractivity contribution in [2.45, 2.75) is 123 Å². The van der Waals surface area contributed by atoms with Crippen LogP contribution in [-0.4, -0.2) is 30.3 Å². The third-order valence-corrected chi connectivity index (χ3v) is 6.50. The molecule has 0 aromatic rings. The molecule has 0 bridgehead atoms. The largest absolute Gasteiger partial charge is 0.364 e. The highest BCUT2D eigenvalue weighted by Gasteiger charge is 2.16. The van der Waals surface area contributed by atoms with Crippen molar-refractivity contribution < 1.29 is 9.18 Å². The number of rotatable bonds is 22. The molecule has 0 heterocycles. The fraction of sp³-hybridized carbons (Fsp3) is 0.880. The first kappa shape index (κ1) is 29.5. The van der Waals surface area contributed by atoms with E-state index >= 15 is 0 Å². The van der Waals surface area contributed by atoms with Crippen LogP contribution in [0.25, 0.3) is 0 Å². The third-order valence-electron chi connectivity index (χ3n) is 5.36. The number of nitrogens with one attached hydrogen (secondary N) is 2. The molecule has 0 aromatic heterocycles. The van der Waals surface area contributed by atoms with Gasteiger partial charge in [-0.05, 0) is 44.8 Å². The molecule has 1 atom stereocenters.